The van der Waals surface area contributed by atoms with Crippen molar-refractivity contribution in [3.05, 3.63) is 113 Å². The molecule has 1 aromatic rings. The maximum atomic E-state index is 6.15. The van der Waals surface area contributed by atoms with E-state index in [1.807, 2.05) is 26.0 Å². The number of allylic oxidation sites excluding steroid dienone is 8. The first kappa shape index (κ1) is 25.0. The predicted molar refractivity (Wildman–Crippen MR) is 135 cm³/mol. The van der Waals surface area contributed by atoms with Crippen molar-refractivity contribution in [3.63, 3.8) is 0 Å². The SMILES string of the molecule is C=C(N)C(/C=C(\C)C(=C)C(/C=C\C)=C(/C)C(C)C)=C(/C)NC(=C)c1ccccc1C. The summed E-state index contributed by atoms with van der Waals surface area (Å²) >= 11 is 0. The molecule has 3 N–H and O–H groups in total. The maximum absolute atomic E-state index is 6.15. The van der Waals surface area contributed by atoms with Gasteiger partial charge in [0.1, 0.15) is 0 Å². The molecule has 0 fully saturated rings. The third-order valence-corrected chi connectivity index (χ3v) is 5.34. The van der Waals surface area contributed by atoms with Gasteiger partial charge in [-0.25, -0.2) is 0 Å². The summed E-state index contributed by atoms with van der Waals surface area (Å²) in [7, 11) is 0. The van der Waals surface area contributed by atoms with Crippen molar-refractivity contribution >= 4 is 5.70 Å². The van der Waals surface area contributed by atoms with E-state index in [9.17, 15) is 0 Å². The lowest BCUT2D eigenvalue weighted by Crippen LogP contribution is -2.14. The minimum atomic E-state index is 0.445. The van der Waals surface area contributed by atoms with E-state index >= 15 is 0 Å². The highest BCUT2D eigenvalue weighted by molar-refractivity contribution is 5.66. The summed E-state index contributed by atoms with van der Waals surface area (Å²) in [6.07, 6.45) is 6.23. The van der Waals surface area contributed by atoms with E-state index in [4.69, 9.17) is 5.73 Å². The molecule has 0 atom stereocenters. The Morgan fingerprint density at radius 3 is 2.13 bits per heavy atom. The Kier molecular flexibility index (Phi) is 9.39. The molecule has 30 heavy (non-hydrogen) atoms. The Morgan fingerprint density at radius 2 is 1.63 bits per heavy atom. The van der Waals surface area contributed by atoms with Crippen LogP contribution in [0.3, 0.4) is 0 Å². The van der Waals surface area contributed by atoms with Gasteiger partial charge in [0.2, 0.25) is 0 Å². The minimum absolute atomic E-state index is 0.445. The van der Waals surface area contributed by atoms with Crippen LogP contribution in [0.4, 0.5) is 0 Å². The lowest BCUT2D eigenvalue weighted by Gasteiger charge is -2.18. The van der Waals surface area contributed by atoms with E-state index in [-0.39, 0.29) is 0 Å². The van der Waals surface area contributed by atoms with Crippen LogP contribution in [0, 0.1) is 12.8 Å². The topological polar surface area (TPSA) is 38.0 Å². The van der Waals surface area contributed by atoms with E-state index in [2.05, 4.69) is 90.0 Å². The third-order valence-electron chi connectivity index (χ3n) is 5.34. The first-order valence-electron chi connectivity index (χ1n) is 10.4. The van der Waals surface area contributed by atoms with Crippen LogP contribution in [0.15, 0.2) is 101 Å². The van der Waals surface area contributed by atoms with Crippen LogP contribution in [-0.4, -0.2) is 0 Å². The highest BCUT2D eigenvalue weighted by Crippen LogP contribution is 2.28. The van der Waals surface area contributed by atoms with Crippen LogP contribution in [0.2, 0.25) is 0 Å². The lowest BCUT2D eigenvalue weighted by atomic mass is 9.90. The summed E-state index contributed by atoms with van der Waals surface area (Å²) in [5.74, 6) is 0.445. The van der Waals surface area contributed by atoms with Crippen LogP contribution in [0.25, 0.3) is 5.70 Å². The molecule has 2 nitrogen and oxygen atoms in total. The van der Waals surface area contributed by atoms with Crippen molar-refractivity contribution in [2.45, 2.75) is 48.5 Å². The molecule has 1 aromatic carbocycles. The van der Waals surface area contributed by atoms with E-state index in [0.717, 1.165) is 39.2 Å². The highest BCUT2D eigenvalue weighted by atomic mass is 14.9. The van der Waals surface area contributed by atoms with Crippen molar-refractivity contribution < 1.29 is 0 Å². The average molecular weight is 403 g/mol. The molecule has 0 aliphatic carbocycles. The second-order valence-electron chi connectivity index (χ2n) is 8.04. The van der Waals surface area contributed by atoms with Gasteiger partial charge in [0.15, 0.2) is 0 Å². The second-order valence-corrected chi connectivity index (χ2v) is 8.04. The van der Waals surface area contributed by atoms with Gasteiger partial charge in [0.05, 0.1) is 0 Å². The van der Waals surface area contributed by atoms with Crippen LogP contribution < -0.4 is 11.1 Å². The smallest absolute Gasteiger partial charge is 0.0385 e. The summed E-state index contributed by atoms with van der Waals surface area (Å²) in [6, 6.07) is 8.16. The molecule has 0 saturated carbocycles. The van der Waals surface area contributed by atoms with Crippen molar-refractivity contribution in [3.8, 4) is 0 Å². The van der Waals surface area contributed by atoms with Gasteiger partial charge in [0, 0.05) is 28.2 Å². The van der Waals surface area contributed by atoms with Crippen molar-refractivity contribution in [2.75, 3.05) is 0 Å². The first-order chi connectivity index (χ1) is 14.0. The van der Waals surface area contributed by atoms with Gasteiger partial charge in [0.25, 0.3) is 0 Å². The number of nitrogens with two attached hydrogens (primary N) is 1. The van der Waals surface area contributed by atoms with Gasteiger partial charge >= 0.3 is 0 Å². The Morgan fingerprint density at radius 1 is 1.03 bits per heavy atom. The summed E-state index contributed by atoms with van der Waals surface area (Å²) in [6.45, 7) is 27.3. The number of rotatable bonds is 9. The summed E-state index contributed by atoms with van der Waals surface area (Å²) in [5.41, 5.74) is 16.0. The second kappa shape index (κ2) is 11.3. The van der Waals surface area contributed by atoms with Gasteiger partial charge < -0.3 is 11.1 Å². The van der Waals surface area contributed by atoms with E-state index < -0.39 is 0 Å². The van der Waals surface area contributed by atoms with Crippen LogP contribution in [0.1, 0.15) is 52.7 Å². The molecule has 0 bridgehead atoms. The first-order valence-corrected chi connectivity index (χ1v) is 10.4. The molecule has 160 valence electrons. The zero-order valence-corrected chi connectivity index (χ0v) is 19.8. The molecule has 0 saturated heterocycles. The Labute approximate surface area is 184 Å². The summed E-state index contributed by atoms with van der Waals surface area (Å²) < 4.78 is 0. The molecular formula is C28H38N2. The molecule has 0 heterocycles. The molecule has 0 amide bonds. The van der Waals surface area contributed by atoms with E-state index in [1.165, 1.54) is 11.1 Å². The predicted octanol–water partition coefficient (Wildman–Crippen LogP) is 7.35. The number of hydrogen-bond acceptors (Lipinski definition) is 2. The fourth-order valence-corrected chi connectivity index (χ4v) is 3.18. The normalized spacial score (nSPS) is 13.8. The van der Waals surface area contributed by atoms with Gasteiger partial charge in [-0.15, -0.1) is 0 Å². The fourth-order valence-electron chi connectivity index (χ4n) is 3.18. The monoisotopic (exact) mass is 402 g/mol. The molecule has 0 radical (unpaired) electrons. The van der Waals surface area contributed by atoms with Gasteiger partial charge in [-0.05, 0) is 68.9 Å². The minimum Gasteiger partial charge on any atom is -0.399 e. The van der Waals surface area contributed by atoms with E-state index in [0.29, 0.717) is 11.6 Å². The molecule has 0 aliphatic rings. The van der Waals surface area contributed by atoms with Crippen molar-refractivity contribution in [2.24, 2.45) is 11.7 Å². The lowest BCUT2D eigenvalue weighted by molar-refractivity contribution is 0.762. The van der Waals surface area contributed by atoms with Gasteiger partial charge in [-0.3, -0.25) is 0 Å². The van der Waals surface area contributed by atoms with Crippen LogP contribution in [-0.2, 0) is 0 Å². The molecule has 0 spiro atoms. The number of hydrogen-bond donors (Lipinski definition) is 2. The number of benzene rings is 1. The van der Waals surface area contributed by atoms with Gasteiger partial charge in [-0.1, -0.05) is 75.6 Å². The van der Waals surface area contributed by atoms with Gasteiger partial charge in [-0.2, -0.15) is 0 Å². The summed E-state index contributed by atoms with van der Waals surface area (Å²) in [5, 5.41) is 3.40. The molecule has 0 aliphatic heterocycles. The Balaban J connectivity index is 3.34. The largest absolute Gasteiger partial charge is 0.399 e. The Bertz CT molecular complexity index is 947. The maximum Gasteiger partial charge on any atom is 0.0385 e. The highest BCUT2D eigenvalue weighted by Gasteiger charge is 2.11. The third kappa shape index (κ3) is 6.52. The fraction of sp³-hybridized carbons (Fsp3) is 0.286. The quantitative estimate of drug-likeness (QED) is 0.424. The van der Waals surface area contributed by atoms with Crippen LogP contribution >= 0.6 is 0 Å². The van der Waals surface area contributed by atoms with E-state index in [1.54, 1.807) is 0 Å². The zero-order valence-electron chi connectivity index (χ0n) is 19.8. The number of nitrogens with one attached hydrogen (secondary N) is 1. The molecule has 0 unspecified atom stereocenters. The average Bonchev–Trinajstić information content (AvgIpc) is 2.68. The van der Waals surface area contributed by atoms with Crippen LogP contribution in [0.5, 0.6) is 0 Å². The Hall–Kier alpha value is -3.00. The zero-order chi connectivity index (χ0) is 23.0. The molecule has 0 aromatic heterocycles. The number of aryl methyl sites for hydroxylation is 1. The van der Waals surface area contributed by atoms with Crippen molar-refractivity contribution in [1.82, 2.24) is 5.32 Å². The molecular weight excluding hydrogens is 364 g/mol. The molecule has 2 heteroatoms. The van der Waals surface area contributed by atoms with Crippen molar-refractivity contribution in [1.29, 1.82) is 0 Å². The standard InChI is InChI=1S/C28H38N2/c1-11-14-27(21(6)18(2)3)22(7)20(5)17-28(23(8)29)25(10)30-24(9)26-16-13-12-15-19(26)4/h11-18,30H,7-9,29H2,1-6,10H3/b14-11-,20-17+,27-21-,28-25-. The summed E-state index contributed by atoms with van der Waals surface area (Å²) in [4.78, 5) is 0. The molecule has 1 rings (SSSR count).